The third kappa shape index (κ3) is 6.13. The maximum absolute atomic E-state index is 14.5. The quantitative estimate of drug-likeness (QED) is 0.135. The monoisotopic (exact) mass is 646 g/mol. The number of halogens is 10. The second kappa shape index (κ2) is 11.6. The number of rotatable bonds is 9. The maximum atomic E-state index is 14.5. The highest BCUT2D eigenvalue weighted by atomic mass is 35.5. The summed E-state index contributed by atoms with van der Waals surface area (Å²) in [6, 6.07) is 1.96. The summed E-state index contributed by atoms with van der Waals surface area (Å²) < 4.78 is 99.9. The highest BCUT2D eigenvalue weighted by Crippen LogP contribution is 2.54. The third-order valence-electron chi connectivity index (χ3n) is 6.41. The normalized spacial score (nSPS) is 14.4. The summed E-state index contributed by atoms with van der Waals surface area (Å²) in [5, 5.41) is 2.55. The summed E-state index contributed by atoms with van der Waals surface area (Å²) in [7, 11) is 1.56. The number of carbonyl (C=O) groups is 1. The molecule has 16 heteroatoms. The van der Waals surface area contributed by atoms with E-state index in [1.807, 2.05) is 0 Å². The molecule has 0 radical (unpaired) electrons. The molecule has 6 nitrogen and oxygen atoms in total. The standard InChI is InChI=1S/C25H20Cl3F7N4O2/c1-41-6-2-5-38(16-3-4-16)22(40)17-7-13(10-36-21(17)28)14-11-37-39(12-14)20-18(26)8-15(9-19(20)27)23(29,24(30,31)32)25(33,34)35/h7-12,16H,2-6H2,1H3. The fourth-order valence-corrected chi connectivity index (χ4v) is 5.04. The minimum atomic E-state index is -6.34. The minimum absolute atomic E-state index is 0.0331. The summed E-state index contributed by atoms with van der Waals surface area (Å²) >= 11 is 18.2. The second-order valence-electron chi connectivity index (χ2n) is 9.25. The van der Waals surface area contributed by atoms with Gasteiger partial charge in [-0.05, 0) is 37.5 Å². The van der Waals surface area contributed by atoms with Gasteiger partial charge in [-0.25, -0.2) is 14.1 Å². The fraction of sp³-hybridized carbons (Fsp3) is 0.400. The van der Waals surface area contributed by atoms with Crippen molar-refractivity contribution in [3.8, 4) is 16.8 Å². The molecule has 41 heavy (non-hydrogen) atoms. The van der Waals surface area contributed by atoms with Gasteiger partial charge in [-0.15, -0.1) is 0 Å². The molecule has 0 atom stereocenters. The van der Waals surface area contributed by atoms with Gasteiger partial charge in [0.15, 0.2) is 0 Å². The van der Waals surface area contributed by atoms with Gasteiger partial charge in [0.25, 0.3) is 5.91 Å². The average molecular weight is 648 g/mol. The van der Waals surface area contributed by atoms with Crippen molar-refractivity contribution in [1.82, 2.24) is 19.7 Å². The Kier molecular flexibility index (Phi) is 8.85. The molecule has 3 aromatic rings. The average Bonchev–Trinajstić information content (AvgIpc) is 3.60. The number of nitrogens with zero attached hydrogens (tertiary/aromatic N) is 4. The summed E-state index contributed by atoms with van der Waals surface area (Å²) in [4.78, 5) is 19.1. The first-order chi connectivity index (χ1) is 19.1. The molecule has 2 aromatic heterocycles. The number of aromatic nitrogens is 3. The van der Waals surface area contributed by atoms with E-state index in [1.165, 1.54) is 24.7 Å². The Morgan fingerprint density at radius 1 is 1.00 bits per heavy atom. The second-order valence-corrected chi connectivity index (χ2v) is 10.4. The van der Waals surface area contributed by atoms with Crippen LogP contribution < -0.4 is 0 Å². The molecule has 1 aliphatic carbocycles. The van der Waals surface area contributed by atoms with Crippen molar-refractivity contribution in [2.45, 2.75) is 43.3 Å². The van der Waals surface area contributed by atoms with Gasteiger partial charge in [0.1, 0.15) is 10.8 Å². The van der Waals surface area contributed by atoms with Gasteiger partial charge in [-0.1, -0.05) is 34.8 Å². The lowest BCUT2D eigenvalue weighted by atomic mass is 9.94. The molecule has 2 heterocycles. The van der Waals surface area contributed by atoms with Crippen LogP contribution in [0.2, 0.25) is 15.2 Å². The molecule has 1 saturated carbocycles. The maximum Gasteiger partial charge on any atom is 0.435 e. The fourth-order valence-electron chi connectivity index (χ4n) is 4.19. The third-order valence-corrected chi connectivity index (χ3v) is 7.28. The van der Waals surface area contributed by atoms with Crippen molar-refractivity contribution in [3.63, 3.8) is 0 Å². The van der Waals surface area contributed by atoms with Crippen molar-refractivity contribution < 1.29 is 40.3 Å². The van der Waals surface area contributed by atoms with Crippen LogP contribution in [0.4, 0.5) is 30.7 Å². The molecule has 222 valence electrons. The Hall–Kier alpha value is -2.61. The van der Waals surface area contributed by atoms with Gasteiger partial charge in [-0.3, -0.25) is 4.79 Å². The first-order valence-electron chi connectivity index (χ1n) is 11.9. The number of amides is 1. The van der Waals surface area contributed by atoms with Gasteiger partial charge >= 0.3 is 18.0 Å². The molecular formula is C25H20Cl3F7N4O2. The number of alkyl halides is 7. The van der Waals surface area contributed by atoms with Gasteiger partial charge in [0.05, 0.1) is 21.8 Å². The number of ether oxygens (including phenoxy) is 1. The van der Waals surface area contributed by atoms with E-state index in [2.05, 4.69) is 10.1 Å². The van der Waals surface area contributed by atoms with Gasteiger partial charge in [0, 0.05) is 55.4 Å². The SMILES string of the molecule is COCCCN(C(=O)c1cc(-c2cnn(-c3c(Cl)cc(C(F)(C(F)(F)F)C(F)(F)F)cc3Cl)c2)cnc1Cl)C1CC1. The van der Waals surface area contributed by atoms with Gasteiger partial charge < -0.3 is 9.64 Å². The highest BCUT2D eigenvalue weighted by molar-refractivity contribution is 6.38. The van der Waals surface area contributed by atoms with E-state index in [0.717, 1.165) is 17.5 Å². The Bertz CT molecular complexity index is 1400. The molecule has 1 amide bonds. The lowest BCUT2D eigenvalue weighted by Crippen LogP contribution is -2.50. The van der Waals surface area contributed by atoms with E-state index in [4.69, 9.17) is 39.5 Å². The van der Waals surface area contributed by atoms with Crippen molar-refractivity contribution in [3.05, 3.63) is 63.1 Å². The van der Waals surface area contributed by atoms with Crippen molar-refractivity contribution in [1.29, 1.82) is 0 Å². The van der Waals surface area contributed by atoms with Crippen LogP contribution in [0.15, 0.2) is 36.8 Å². The smallest absolute Gasteiger partial charge is 0.385 e. The van der Waals surface area contributed by atoms with Gasteiger partial charge in [0.2, 0.25) is 0 Å². The molecule has 1 fully saturated rings. The topological polar surface area (TPSA) is 60.2 Å². The first-order valence-corrected chi connectivity index (χ1v) is 13.1. The number of carbonyl (C=O) groups excluding carboxylic acids is 1. The van der Waals surface area contributed by atoms with Crippen LogP contribution in [0.5, 0.6) is 0 Å². The molecule has 0 unspecified atom stereocenters. The molecule has 0 saturated heterocycles. The van der Waals surface area contributed by atoms with E-state index < -0.39 is 33.6 Å². The van der Waals surface area contributed by atoms with Crippen LogP contribution in [0.3, 0.4) is 0 Å². The molecule has 1 aliphatic rings. The number of hydrogen-bond donors (Lipinski definition) is 0. The molecule has 0 bridgehead atoms. The zero-order valence-corrected chi connectivity index (χ0v) is 23.2. The van der Waals surface area contributed by atoms with Crippen LogP contribution in [0, 0.1) is 0 Å². The lowest BCUT2D eigenvalue weighted by Gasteiger charge is -2.30. The van der Waals surface area contributed by atoms with Crippen molar-refractivity contribution >= 4 is 40.7 Å². The molecule has 4 rings (SSSR count). The molecular weight excluding hydrogens is 628 g/mol. The minimum Gasteiger partial charge on any atom is -0.385 e. The molecule has 1 aromatic carbocycles. The summed E-state index contributed by atoms with van der Waals surface area (Å²) in [5.74, 6) is -0.332. The van der Waals surface area contributed by atoms with Crippen LogP contribution in [0.25, 0.3) is 16.8 Å². The number of hydrogen-bond acceptors (Lipinski definition) is 4. The van der Waals surface area contributed by atoms with E-state index in [-0.39, 0.29) is 40.5 Å². The Labute approximate surface area is 243 Å². The largest absolute Gasteiger partial charge is 0.435 e. The zero-order valence-electron chi connectivity index (χ0n) is 21.0. The predicted octanol–water partition coefficient (Wildman–Crippen LogP) is 7.83. The van der Waals surface area contributed by atoms with Gasteiger partial charge in [-0.2, -0.15) is 31.4 Å². The van der Waals surface area contributed by atoms with Crippen LogP contribution >= 0.6 is 34.8 Å². The Morgan fingerprint density at radius 2 is 1.61 bits per heavy atom. The summed E-state index contributed by atoms with van der Waals surface area (Å²) in [5.41, 5.74) is -7.01. The van der Waals surface area contributed by atoms with E-state index in [9.17, 15) is 35.5 Å². The zero-order chi connectivity index (χ0) is 30.3. The Morgan fingerprint density at radius 3 is 2.15 bits per heavy atom. The number of benzene rings is 1. The first kappa shape index (κ1) is 31.3. The summed E-state index contributed by atoms with van der Waals surface area (Å²) in [6.45, 7) is 0.915. The van der Waals surface area contributed by atoms with E-state index >= 15 is 0 Å². The Balaban J connectivity index is 1.67. The van der Waals surface area contributed by atoms with Crippen LogP contribution in [-0.2, 0) is 10.4 Å². The van der Waals surface area contributed by atoms with E-state index in [1.54, 1.807) is 12.0 Å². The van der Waals surface area contributed by atoms with Crippen LogP contribution in [-0.4, -0.2) is 64.2 Å². The van der Waals surface area contributed by atoms with Crippen molar-refractivity contribution in [2.24, 2.45) is 0 Å². The summed E-state index contributed by atoms with van der Waals surface area (Å²) in [6.07, 6.45) is -6.42. The predicted molar refractivity (Wildman–Crippen MR) is 137 cm³/mol. The highest BCUT2D eigenvalue weighted by Gasteiger charge is 2.73. The van der Waals surface area contributed by atoms with Crippen molar-refractivity contribution in [2.75, 3.05) is 20.3 Å². The number of methoxy groups -OCH3 is 1. The van der Waals surface area contributed by atoms with E-state index in [0.29, 0.717) is 30.7 Å². The van der Waals surface area contributed by atoms with Crippen LogP contribution in [0.1, 0.15) is 35.2 Å². The molecule has 0 spiro atoms. The lowest BCUT2D eigenvalue weighted by molar-refractivity contribution is -0.348. The molecule has 0 N–H and O–H groups in total. The molecule has 0 aliphatic heterocycles. The number of pyridine rings is 1.